The lowest BCUT2D eigenvalue weighted by Gasteiger charge is -2.35. The van der Waals surface area contributed by atoms with Crippen molar-refractivity contribution >= 4 is 17.9 Å². The molecule has 0 saturated heterocycles. The predicted molar refractivity (Wildman–Crippen MR) is 161 cm³/mol. The maximum Gasteiger partial charge on any atom is 0.408 e. The number of amides is 3. The van der Waals surface area contributed by atoms with Gasteiger partial charge in [0.25, 0.3) is 0 Å². The van der Waals surface area contributed by atoms with Gasteiger partial charge in [-0.3, -0.25) is 9.59 Å². The molecule has 0 aromatic heterocycles. The number of ether oxygens (including phenoxy) is 1. The summed E-state index contributed by atoms with van der Waals surface area (Å²) in [6.07, 6.45) is 2.42. The third-order valence-corrected chi connectivity index (χ3v) is 6.58. The number of alkyl carbamates (subject to hydrolysis) is 1. The fraction of sp³-hybridized carbons (Fsp3) is 0.545. The number of benzene rings is 2. The summed E-state index contributed by atoms with van der Waals surface area (Å²) in [4.78, 5) is 42.8. The lowest BCUT2D eigenvalue weighted by Crippen LogP contribution is -2.53. The molecule has 2 N–H and O–H groups in total. The first-order valence-corrected chi connectivity index (χ1v) is 14.5. The number of rotatable bonds is 13. The number of hydrogen-bond acceptors (Lipinski definition) is 4. The number of nitrogens with zero attached hydrogens (tertiary/aromatic N) is 1. The highest BCUT2D eigenvalue weighted by atomic mass is 16.6. The molecule has 0 bridgehead atoms. The standard InChI is InChI=1S/C33H49N3O4/c1-9-10-14-19-36(31(38)28(20-23(2)3)35-32(39)40-33(6,7)8)29(27-21-24(4)17-18-25(27)5)30(37)34-22-26-15-12-11-13-16-26/h11-13,15-18,21,23,28-29H,9-10,14,19-20,22H2,1-8H3,(H,34,37)(H,35,39). The molecule has 220 valence electrons. The van der Waals surface area contributed by atoms with Crippen LogP contribution in [0.3, 0.4) is 0 Å². The average molecular weight is 552 g/mol. The second kappa shape index (κ2) is 15.4. The molecule has 3 amide bonds. The molecule has 2 rings (SSSR count). The molecule has 0 radical (unpaired) electrons. The van der Waals surface area contributed by atoms with Crippen molar-refractivity contribution in [1.29, 1.82) is 0 Å². The monoisotopic (exact) mass is 551 g/mol. The molecule has 0 aliphatic rings. The van der Waals surface area contributed by atoms with Crippen LogP contribution in [0.5, 0.6) is 0 Å². The Morgan fingerprint density at radius 2 is 1.65 bits per heavy atom. The van der Waals surface area contributed by atoms with Crippen LogP contribution in [0.25, 0.3) is 0 Å². The number of carbonyl (C=O) groups excluding carboxylic acids is 3. The Morgan fingerprint density at radius 3 is 2.25 bits per heavy atom. The summed E-state index contributed by atoms with van der Waals surface area (Å²) in [6, 6.07) is 14.0. The van der Waals surface area contributed by atoms with Crippen LogP contribution < -0.4 is 10.6 Å². The van der Waals surface area contributed by atoms with Crippen molar-refractivity contribution < 1.29 is 19.1 Å². The normalized spacial score (nSPS) is 12.9. The van der Waals surface area contributed by atoms with Crippen LogP contribution in [-0.4, -0.2) is 41.0 Å². The van der Waals surface area contributed by atoms with Crippen LogP contribution >= 0.6 is 0 Å². The van der Waals surface area contributed by atoms with Gasteiger partial charge in [0.1, 0.15) is 17.7 Å². The molecule has 7 nitrogen and oxygen atoms in total. The zero-order valence-electron chi connectivity index (χ0n) is 25.7. The highest BCUT2D eigenvalue weighted by Gasteiger charge is 2.37. The van der Waals surface area contributed by atoms with E-state index in [0.29, 0.717) is 19.5 Å². The van der Waals surface area contributed by atoms with E-state index in [1.54, 1.807) is 25.7 Å². The Kier molecular flexibility index (Phi) is 12.7. The summed E-state index contributed by atoms with van der Waals surface area (Å²) in [7, 11) is 0. The van der Waals surface area contributed by atoms with Crippen LogP contribution in [0, 0.1) is 19.8 Å². The number of unbranched alkanes of at least 4 members (excludes halogenated alkanes) is 2. The molecule has 0 saturated carbocycles. The first kappa shape index (κ1) is 32.9. The zero-order chi connectivity index (χ0) is 29.9. The molecule has 2 aromatic rings. The van der Waals surface area contributed by atoms with E-state index >= 15 is 0 Å². The summed E-state index contributed by atoms with van der Waals surface area (Å²) in [5, 5.41) is 5.90. The van der Waals surface area contributed by atoms with Crippen LogP contribution in [0.1, 0.15) is 95.5 Å². The van der Waals surface area contributed by atoms with E-state index < -0.39 is 23.8 Å². The first-order chi connectivity index (χ1) is 18.8. The average Bonchev–Trinajstić information content (AvgIpc) is 2.87. The van der Waals surface area contributed by atoms with Crippen LogP contribution in [-0.2, 0) is 20.9 Å². The van der Waals surface area contributed by atoms with E-state index in [0.717, 1.165) is 41.5 Å². The zero-order valence-corrected chi connectivity index (χ0v) is 25.7. The minimum atomic E-state index is -0.844. The Bertz CT molecular complexity index is 1110. The fourth-order valence-corrected chi connectivity index (χ4v) is 4.63. The molecule has 0 heterocycles. The number of hydrogen-bond donors (Lipinski definition) is 2. The minimum Gasteiger partial charge on any atom is -0.444 e. The van der Waals surface area contributed by atoms with E-state index in [9.17, 15) is 14.4 Å². The van der Waals surface area contributed by atoms with Crippen molar-refractivity contribution in [2.24, 2.45) is 5.92 Å². The molecule has 2 atom stereocenters. The molecule has 0 spiro atoms. The van der Waals surface area contributed by atoms with E-state index in [-0.39, 0.29) is 17.7 Å². The Balaban J connectivity index is 2.53. The number of nitrogens with one attached hydrogen (secondary N) is 2. The van der Waals surface area contributed by atoms with E-state index in [2.05, 4.69) is 17.6 Å². The fourth-order valence-electron chi connectivity index (χ4n) is 4.63. The summed E-state index contributed by atoms with van der Waals surface area (Å²) in [5.74, 6) is -0.396. The van der Waals surface area contributed by atoms with Crippen molar-refractivity contribution in [1.82, 2.24) is 15.5 Å². The van der Waals surface area contributed by atoms with Crippen LogP contribution in [0.4, 0.5) is 4.79 Å². The lowest BCUT2D eigenvalue weighted by molar-refractivity contribution is -0.143. The Labute approximate surface area is 241 Å². The third-order valence-electron chi connectivity index (χ3n) is 6.58. The van der Waals surface area contributed by atoms with Gasteiger partial charge in [0.05, 0.1) is 0 Å². The topological polar surface area (TPSA) is 87.7 Å². The Morgan fingerprint density at radius 1 is 0.975 bits per heavy atom. The molecule has 0 fully saturated rings. The van der Waals surface area contributed by atoms with Crippen LogP contribution in [0.2, 0.25) is 0 Å². The van der Waals surface area contributed by atoms with Gasteiger partial charge < -0.3 is 20.3 Å². The van der Waals surface area contributed by atoms with Gasteiger partial charge in [0.2, 0.25) is 11.8 Å². The number of aryl methyl sites for hydroxylation is 2. The maximum absolute atomic E-state index is 14.3. The third kappa shape index (κ3) is 10.7. The smallest absolute Gasteiger partial charge is 0.408 e. The van der Waals surface area contributed by atoms with Gasteiger partial charge in [-0.15, -0.1) is 0 Å². The second-order valence-corrected chi connectivity index (χ2v) is 12.0. The van der Waals surface area contributed by atoms with Gasteiger partial charge in [-0.05, 0) is 70.1 Å². The van der Waals surface area contributed by atoms with Gasteiger partial charge >= 0.3 is 6.09 Å². The molecule has 2 unspecified atom stereocenters. The molecular formula is C33H49N3O4. The van der Waals surface area contributed by atoms with Gasteiger partial charge in [0, 0.05) is 13.1 Å². The summed E-state index contributed by atoms with van der Waals surface area (Å²) < 4.78 is 5.49. The van der Waals surface area contributed by atoms with E-state index in [1.165, 1.54) is 0 Å². The van der Waals surface area contributed by atoms with E-state index in [4.69, 9.17) is 4.74 Å². The highest BCUT2D eigenvalue weighted by Crippen LogP contribution is 2.28. The molecular weight excluding hydrogens is 502 g/mol. The van der Waals surface area contributed by atoms with Gasteiger partial charge in [-0.1, -0.05) is 87.7 Å². The van der Waals surface area contributed by atoms with Gasteiger partial charge in [-0.25, -0.2) is 4.79 Å². The van der Waals surface area contributed by atoms with Crippen molar-refractivity contribution in [2.45, 2.75) is 105 Å². The van der Waals surface area contributed by atoms with Crippen LogP contribution in [0.15, 0.2) is 48.5 Å². The lowest BCUT2D eigenvalue weighted by atomic mass is 9.94. The van der Waals surface area contributed by atoms with Gasteiger partial charge in [-0.2, -0.15) is 0 Å². The molecule has 0 aliphatic heterocycles. The highest BCUT2D eigenvalue weighted by molar-refractivity contribution is 5.92. The van der Waals surface area contributed by atoms with Crippen molar-refractivity contribution in [3.63, 3.8) is 0 Å². The molecule has 0 aliphatic carbocycles. The minimum absolute atomic E-state index is 0.132. The number of carbonyl (C=O) groups is 3. The second-order valence-electron chi connectivity index (χ2n) is 12.0. The quantitative estimate of drug-likeness (QED) is 0.274. The first-order valence-electron chi connectivity index (χ1n) is 14.5. The summed E-state index contributed by atoms with van der Waals surface area (Å²) >= 11 is 0. The predicted octanol–water partition coefficient (Wildman–Crippen LogP) is 6.62. The van der Waals surface area contributed by atoms with Crippen molar-refractivity contribution in [2.75, 3.05) is 6.54 Å². The van der Waals surface area contributed by atoms with E-state index in [1.807, 2.05) is 76.2 Å². The SMILES string of the molecule is CCCCCN(C(=O)C(CC(C)C)NC(=O)OC(C)(C)C)C(C(=O)NCc1ccccc1)c1cc(C)ccc1C. The summed E-state index contributed by atoms with van der Waals surface area (Å²) in [5.41, 5.74) is 3.00. The molecule has 40 heavy (non-hydrogen) atoms. The largest absolute Gasteiger partial charge is 0.444 e. The maximum atomic E-state index is 14.3. The van der Waals surface area contributed by atoms with Crippen molar-refractivity contribution in [3.8, 4) is 0 Å². The van der Waals surface area contributed by atoms with Crippen molar-refractivity contribution in [3.05, 3.63) is 70.8 Å². The molecule has 7 heteroatoms. The summed E-state index contributed by atoms with van der Waals surface area (Å²) in [6.45, 7) is 16.2. The van der Waals surface area contributed by atoms with Gasteiger partial charge in [0.15, 0.2) is 0 Å². The Hall–Kier alpha value is -3.35. The molecule has 2 aromatic carbocycles.